The van der Waals surface area contributed by atoms with Crippen LogP contribution in [0.25, 0.3) is 0 Å². The van der Waals surface area contributed by atoms with Crippen molar-refractivity contribution in [3.8, 4) is 11.5 Å². The van der Waals surface area contributed by atoms with Crippen molar-refractivity contribution in [2.45, 2.75) is 44.9 Å². The standard InChI is InChI=1S/C19H28O2S2/c1-2-9-17-10-11-18-19(16-17)21-13-6-4-8-15-23-22-14-7-3-5-12-20-18/h2,10-11,16H,1,3-9,12-15H2. The van der Waals surface area contributed by atoms with Crippen LogP contribution in [0.5, 0.6) is 11.5 Å². The molecular formula is C19H28O2S2. The first kappa shape index (κ1) is 18.6. The first-order valence-electron chi connectivity index (χ1n) is 8.64. The molecule has 0 saturated carbocycles. The summed E-state index contributed by atoms with van der Waals surface area (Å²) in [5, 5.41) is 0. The SMILES string of the molecule is C=CCc1ccc2c(c1)OCCCCCSSCCCCCO2. The summed E-state index contributed by atoms with van der Waals surface area (Å²) >= 11 is 0. The lowest BCUT2D eigenvalue weighted by molar-refractivity contribution is 0.259. The van der Waals surface area contributed by atoms with Gasteiger partial charge in [0.2, 0.25) is 0 Å². The van der Waals surface area contributed by atoms with Crippen molar-refractivity contribution >= 4 is 21.6 Å². The maximum absolute atomic E-state index is 6.00. The Hall–Kier alpha value is -0.740. The summed E-state index contributed by atoms with van der Waals surface area (Å²) in [5.74, 6) is 4.29. The molecule has 2 rings (SSSR count). The van der Waals surface area contributed by atoms with Crippen LogP contribution >= 0.6 is 21.6 Å². The van der Waals surface area contributed by atoms with Crippen LogP contribution in [0.4, 0.5) is 0 Å². The molecule has 0 spiro atoms. The van der Waals surface area contributed by atoms with E-state index in [9.17, 15) is 0 Å². The van der Waals surface area contributed by atoms with Gasteiger partial charge in [0.25, 0.3) is 0 Å². The van der Waals surface area contributed by atoms with Crippen molar-refractivity contribution < 1.29 is 9.47 Å². The summed E-state index contributed by atoms with van der Waals surface area (Å²) < 4.78 is 12.0. The molecule has 0 aliphatic carbocycles. The zero-order chi connectivity index (χ0) is 16.2. The van der Waals surface area contributed by atoms with E-state index in [1.54, 1.807) is 0 Å². The topological polar surface area (TPSA) is 18.5 Å². The van der Waals surface area contributed by atoms with Gasteiger partial charge >= 0.3 is 0 Å². The van der Waals surface area contributed by atoms with E-state index >= 15 is 0 Å². The number of allylic oxidation sites excluding steroid dienone is 1. The van der Waals surface area contributed by atoms with Crippen LogP contribution in [-0.2, 0) is 6.42 Å². The van der Waals surface area contributed by atoms with Crippen molar-refractivity contribution in [1.82, 2.24) is 0 Å². The molecule has 1 aromatic rings. The van der Waals surface area contributed by atoms with Crippen LogP contribution < -0.4 is 9.47 Å². The van der Waals surface area contributed by atoms with E-state index in [2.05, 4.69) is 18.7 Å². The second-order valence-corrected chi connectivity index (χ2v) is 8.44. The molecule has 1 heterocycles. The third-order valence-corrected chi connectivity index (χ3v) is 6.31. The minimum atomic E-state index is 0.770. The number of hydrogen-bond acceptors (Lipinski definition) is 4. The molecular weight excluding hydrogens is 324 g/mol. The van der Waals surface area contributed by atoms with E-state index < -0.39 is 0 Å². The van der Waals surface area contributed by atoms with Gasteiger partial charge in [-0.25, -0.2) is 0 Å². The Balaban J connectivity index is 1.96. The van der Waals surface area contributed by atoms with Crippen LogP contribution in [-0.4, -0.2) is 24.7 Å². The van der Waals surface area contributed by atoms with Gasteiger partial charge in [-0.05, 0) is 62.6 Å². The van der Waals surface area contributed by atoms with Crippen LogP contribution in [0.3, 0.4) is 0 Å². The molecule has 0 amide bonds. The van der Waals surface area contributed by atoms with Gasteiger partial charge in [-0.15, -0.1) is 6.58 Å². The highest BCUT2D eigenvalue weighted by molar-refractivity contribution is 8.76. The van der Waals surface area contributed by atoms with Crippen molar-refractivity contribution in [3.63, 3.8) is 0 Å². The molecule has 23 heavy (non-hydrogen) atoms. The normalized spacial score (nSPS) is 18.3. The van der Waals surface area contributed by atoms with E-state index in [0.717, 1.165) is 44.0 Å². The van der Waals surface area contributed by atoms with Gasteiger partial charge < -0.3 is 9.47 Å². The van der Waals surface area contributed by atoms with Gasteiger partial charge in [0, 0.05) is 11.5 Å². The van der Waals surface area contributed by atoms with Gasteiger partial charge in [-0.2, -0.15) is 0 Å². The molecule has 1 aromatic carbocycles. The average Bonchev–Trinajstić information content (AvgIpc) is 2.56. The van der Waals surface area contributed by atoms with Gasteiger partial charge in [0.05, 0.1) is 13.2 Å². The van der Waals surface area contributed by atoms with E-state index in [0.29, 0.717) is 0 Å². The van der Waals surface area contributed by atoms with Crippen LogP contribution in [0.15, 0.2) is 30.9 Å². The number of benzene rings is 1. The van der Waals surface area contributed by atoms with Crippen molar-refractivity contribution in [2.75, 3.05) is 24.7 Å². The Kier molecular flexibility index (Phi) is 9.49. The average molecular weight is 353 g/mol. The molecule has 0 N–H and O–H groups in total. The monoisotopic (exact) mass is 352 g/mol. The van der Waals surface area contributed by atoms with Gasteiger partial charge in [0.1, 0.15) is 0 Å². The lowest BCUT2D eigenvalue weighted by Crippen LogP contribution is -2.04. The lowest BCUT2D eigenvalue weighted by atomic mass is 10.1. The highest BCUT2D eigenvalue weighted by atomic mass is 33.1. The third-order valence-electron chi connectivity index (χ3n) is 3.73. The molecule has 128 valence electrons. The molecule has 0 bridgehead atoms. The fourth-order valence-corrected chi connectivity index (χ4v) is 4.73. The van der Waals surface area contributed by atoms with Gasteiger partial charge in [0.15, 0.2) is 11.5 Å². The molecule has 0 saturated heterocycles. The summed E-state index contributed by atoms with van der Waals surface area (Å²) in [6.45, 7) is 5.35. The Morgan fingerprint density at radius 1 is 0.870 bits per heavy atom. The predicted molar refractivity (Wildman–Crippen MR) is 104 cm³/mol. The van der Waals surface area contributed by atoms with Gasteiger partial charge in [-0.3, -0.25) is 0 Å². The van der Waals surface area contributed by atoms with Crippen molar-refractivity contribution in [3.05, 3.63) is 36.4 Å². The Labute approximate surface area is 148 Å². The van der Waals surface area contributed by atoms with Crippen LogP contribution in [0.2, 0.25) is 0 Å². The van der Waals surface area contributed by atoms with E-state index in [-0.39, 0.29) is 0 Å². The van der Waals surface area contributed by atoms with Gasteiger partial charge in [-0.1, -0.05) is 33.7 Å². The molecule has 0 aromatic heterocycles. The number of rotatable bonds is 2. The fraction of sp³-hybridized carbons (Fsp3) is 0.579. The minimum absolute atomic E-state index is 0.770. The minimum Gasteiger partial charge on any atom is -0.490 e. The molecule has 1 aliphatic rings. The Bertz CT molecular complexity index is 463. The fourth-order valence-electron chi connectivity index (χ4n) is 2.44. The summed E-state index contributed by atoms with van der Waals surface area (Å²) in [6.07, 6.45) is 10.0. The first-order chi connectivity index (χ1) is 11.4. The van der Waals surface area contributed by atoms with Crippen LogP contribution in [0, 0.1) is 0 Å². The largest absolute Gasteiger partial charge is 0.490 e. The van der Waals surface area contributed by atoms with E-state index in [4.69, 9.17) is 9.47 Å². The third kappa shape index (κ3) is 7.58. The molecule has 2 nitrogen and oxygen atoms in total. The maximum atomic E-state index is 6.00. The molecule has 0 atom stereocenters. The number of ether oxygens (including phenoxy) is 2. The molecule has 1 aliphatic heterocycles. The predicted octanol–water partition coefficient (Wildman–Crippen LogP) is 5.91. The second kappa shape index (κ2) is 11.7. The maximum Gasteiger partial charge on any atom is 0.161 e. The zero-order valence-electron chi connectivity index (χ0n) is 13.9. The van der Waals surface area contributed by atoms with Crippen molar-refractivity contribution in [2.24, 2.45) is 0 Å². The molecule has 0 unspecified atom stereocenters. The molecule has 0 fully saturated rings. The number of hydrogen-bond donors (Lipinski definition) is 0. The Morgan fingerprint density at radius 3 is 2.17 bits per heavy atom. The lowest BCUT2D eigenvalue weighted by Gasteiger charge is -2.14. The van der Waals surface area contributed by atoms with E-state index in [1.165, 1.54) is 42.8 Å². The summed E-state index contributed by atoms with van der Waals surface area (Å²) in [6, 6.07) is 6.26. The molecule has 0 radical (unpaired) electrons. The molecule has 4 heteroatoms. The summed E-state index contributed by atoms with van der Waals surface area (Å²) in [7, 11) is 4.04. The second-order valence-electron chi connectivity index (χ2n) is 5.74. The summed E-state index contributed by atoms with van der Waals surface area (Å²) in [4.78, 5) is 0. The van der Waals surface area contributed by atoms with Crippen molar-refractivity contribution in [1.29, 1.82) is 0 Å². The highest BCUT2D eigenvalue weighted by Crippen LogP contribution is 2.30. The van der Waals surface area contributed by atoms with Crippen LogP contribution in [0.1, 0.15) is 44.1 Å². The quantitative estimate of drug-likeness (QED) is 0.486. The smallest absolute Gasteiger partial charge is 0.161 e. The van der Waals surface area contributed by atoms with E-state index in [1.807, 2.05) is 33.7 Å². The number of fused-ring (bicyclic) bond motifs is 1. The first-order valence-corrected chi connectivity index (χ1v) is 11.1. The Morgan fingerprint density at radius 2 is 1.52 bits per heavy atom. The summed E-state index contributed by atoms with van der Waals surface area (Å²) in [5.41, 5.74) is 1.23. The highest BCUT2D eigenvalue weighted by Gasteiger charge is 2.07. The zero-order valence-corrected chi connectivity index (χ0v) is 15.6.